The van der Waals surface area contributed by atoms with E-state index in [2.05, 4.69) is 18.9 Å². The molecule has 2 aromatic rings. The van der Waals surface area contributed by atoms with E-state index < -0.39 is 5.97 Å². The third kappa shape index (κ3) is 2.59. The van der Waals surface area contributed by atoms with Gasteiger partial charge in [-0.2, -0.15) is 5.10 Å². The van der Waals surface area contributed by atoms with Gasteiger partial charge in [-0.05, 0) is 25.3 Å². The monoisotopic (exact) mass is 272 g/mol. The average Bonchev–Trinajstić information content (AvgIpc) is 2.86. The smallest absolute Gasteiger partial charge is 0.339 e. The Bertz CT molecular complexity index is 613. The molecule has 20 heavy (non-hydrogen) atoms. The number of aryl methyl sites for hydroxylation is 1. The normalized spacial score (nSPS) is 11.0. The summed E-state index contributed by atoms with van der Waals surface area (Å²) < 4.78 is 1.80. The van der Waals surface area contributed by atoms with Gasteiger partial charge in [-0.3, -0.25) is 4.68 Å². The van der Waals surface area contributed by atoms with Crippen molar-refractivity contribution in [1.29, 1.82) is 0 Å². The summed E-state index contributed by atoms with van der Waals surface area (Å²) in [5, 5.41) is 13.9. The Hall–Kier alpha value is -2.10. The summed E-state index contributed by atoms with van der Waals surface area (Å²) in [6, 6.07) is 7.98. The molecule has 0 fully saturated rings. The molecule has 1 heterocycles. The van der Waals surface area contributed by atoms with Crippen molar-refractivity contribution in [3.63, 3.8) is 0 Å². The molecule has 1 aromatic carbocycles. The van der Waals surface area contributed by atoms with Crippen LogP contribution in [0.1, 0.15) is 48.7 Å². The third-order valence-corrected chi connectivity index (χ3v) is 3.68. The van der Waals surface area contributed by atoms with E-state index in [4.69, 9.17) is 0 Å². The predicted octanol–water partition coefficient (Wildman–Crippen LogP) is 3.92. The molecule has 0 unspecified atom stereocenters. The van der Waals surface area contributed by atoms with Gasteiger partial charge in [0.25, 0.3) is 0 Å². The molecule has 1 N–H and O–H groups in total. The summed E-state index contributed by atoms with van der Waals surface area (Å²) >= 11 is 0. The summed E-state index contributed by atoms with van der Waals surface area (Å²) in [5.41, 5.74) is 2.74. The number of rotatable bonds is 5. The Morgan fingerprint density at radius 3 is 2.50 bits per heavy atom. The molecule has 0 amide bonds. The first kappa shape index (κ1) is 14.3. The molecule has 0 saturated heterocycles. The lowest BCUT2D eigenvalue weighted by Crippen LogP contribution is -2.07. The van der Waals surface area contributed by atoms with E-state index >= 15 is 0 Å². The van der Waals surface area contributed by atoms with Crippen LogP contribution in [0, 0.1) is 6.92 Å². The SMILES string of the molecule is CCC(CC)n1cc(C(=O)O)c(-c2ccccc2C)n1. The first-order valence-electron chi connectivity index (χ1n) is 6.96. The summed E-state index contributed by atoms with van der Waals surface area (Å²) in [7, 11) is 0. The average molecular weight is 272 g/mol. The minimum absolute atomic E-state index is 0.242. The second-order valence-electron chi connectivity index (χ2n) is 4.96. The van der Waals surface area contributed by atoms with Gasteiger partial charge in [0.15, 0.2) is 0 Å². The Kier molecular flexibility index (Phi) is 4.23. The first-order valence-corrected chi connectivity index (χ1v) is 6.96. The minimum Gasteiger partial charge on any atom is -0.478 e. The number of hydrogen-bond donors (Lipinski definition) is 1. The number of aromatic nitrogens is 2. The quantitative estimate of drug-likeness (QED) is 0.897. The van der Waals surface area contributed by atoms with E-state index in [1.165, 1.54) is 0 Å². The van der Waals surface area contributed by atoms with Gasteiger partial charge in [0.2, 0.25) is 0 Å². The number of carboxylic acid groups (broad SMARTS) is 1. The van der Waals surface area contributed by atoms with Crippen LogP contribution in [0.3, 0.4) is 0 Å². The highest BCUT2D eigenvalue weighted by Gasteiger charge is 2.20. The van der Waals surface area contributed by atoms with Crippen LogP contribution in [0.2, 0.25) is 0 Å². The molecule has 2 rings (SSSR count). The van der Waals surface area contributed by atoms with Gasteiger partial charge in [-0.25, -0.2) is 4.79 Å². The van der Waals surface area contributed by atoms with Gasteiger partial charge in [-0.1, -0.05) is 38.1 Å². The summed E-state index contributed by atoms with van der Waals surface area (Å²) in [5.74, 6) is -0.930. The predicted molar refractivity (Wildman–Crippen MR) is 79.0 cm³/mol. The van der Waals surface area contributed by atoms with Gasteiger partial charge < -0.3 is 5.11 Å². The number of nitrogens with zero attached hydrogens (tertiary/aromatic N) is 2. The van der Waals surface area contributed by atoms with Crippen LogP contribution in [0.15, 0.2) is 30.5 Å². The molecule has 106 valence electrons. The Labute approximate surface area is 119 Å². The number of benzene rings is 1. The molecule has 0 bridgehead atoms. The summed E-state index contributed by atoms with van der Waals surface area (Å²) in [6.07, 6.45) is 3.52. The Balaban J connectivity index is 2.57. The summed E-state index contributed by atoms with van der Waals surface area (Å²) in [6.45, 7) is 6.14. The molecule has 0 atom stereocenters. The van der Waals surface area contributed by atoms with Gasteiger partial charge in [-0.15, -0.1) is 0 Å². The zero-order valence-electron chi connectivity index (χ0n) is 12.1. The Morgan fingerprint density at radius 1 is 1.30 bits per heavy atom. The second kappa shape index (κ2) is 5.90. The lowest BCUT2D eigenvalue weighted by Gasteiger charge is -2.12. The maximum Gasteiger partial charge on any atom is 0.339 e. The minimum atomic E-state index is -0.930. The van der Waals surface area contributed by atoms with Crippen LogP contribution in [0.25, 0.3) is 11.3 Å². The summed E-state index contributed by atoms with van der Waals surface area (Å²) in [4.78, 5) is 11.5. The second-order valence-corrected chi connectivity index (χ2v) is 4.96. The molecule has 0 saturated carbocycles. The van der Waals surface area contributed by atoms with Gasteiger partial charge in [0.05, 0.1) is 6.04 Å². The number of carboxylic acids is 1. The molecule has 4 nitrogen and oxygen atoms in total. The molecular formula is C16H20N2O2. The van der Waals surface area contributed by atoms with Crippen molar-refractivity contribution in [2.45, 2.75) is 39.7 Å². The molecule has 0 radical (unpaired) electrons. The molecule has 0 aliphatic heterocycles. The highest BCUT2D eigenvalue weighted by Crippen LogP contribution is 2.27. The maximum absolute atomic E-state index is 11.5. The molecule has 4 heteroatoms. The lowest BCUT2D eigenvalue weighted by atomic mass is 10.0. The third-order valence-electron chi connectivity index (χ3n) is 3.68. The highest BCUT2D eigenvalue weighted by molar-refractivity contribution is 5.95. The zero-order valence-corrected chi connectivity index (χ0v) is 12.1. The standard InChI is InChI=1S/C16H20N2O2/c1-4-12(5-2)18-10-14(16(19)20)15(17-18)13-9-7-6-8-11(13)3/h6-10,12H,4-5H2,1-3H3,(H,19,20). The van der Waals surface area contributed by atoms with Crippen molar-refractivity contribution >= 4 is 5.97 Å². The van der Waals surface area contributed by atoms with Gasteiger partial charge in [0.1, 0.15) is 11.3 Å². The lowest BCUT2D eigenvalue weighted by molar-refractivity contribution is 0.0697. The van der Waals surface area contributed by atoms with E-state index in [-0.39, 0.29) is 11.6 Å². The maximum atomic E-state index is 11.5. The fourth-order valence-electron chi connectivity index (χ4n) is 2.44. The van der Waals surface area contributed by atoms with Crippen molar-refractivity contribution in [2.24, 2.45) is 0 Å². The van der Waals surface area contributed by atoms with Gasteiger partial charge in [0, 0.05) is 11.8 Å². The van der Waals surface area contributed by atoms with Crippen molar-refractivity contribution < 1.29 is 9.90 Å². The fourth-order valence-corrected chi connectivity index (χ4v) is 2.44. The molecule has 1 aromatic heterocycles. The highest BCUT2D eigenvalue weighted by atomic mass is 16.4. The largest absolute Gasteiger partial charge is 0.478 e. The van der Waals surface area contributed by atoms with E-state index in [0.717, 1.165) is 24.0 Å². The van der Waals surface area contributed by atoms with Crippen LogP contribution in [-0.4, -0.2) is 20.9 Å². The molecular weight excluding hydrogens is 252 g/mol. The number of hydrogen-bond acceptors (Lipinski definition) is 2. The van der Waals surface area contributed by atoms with Gasteiger partial charge >= 0.3 is 5.97 Å². The molecule has 0 spiro atoms. The van der Waals surface area contributed by atoms with Crippen LogP contribution in [0.5, 0.6) is 0 Å². The topological polar surface area (TPSA) is 55.1 Å². The number of aromatic carboxylic acids is 1. The van der Waals surface area contributed by atoms with Crippen molar-refractivity contribution in [2.75, 3.05) is 0 Å². The first-order chi connectivity index (χ1) is 9.58. The van der Waals surface area contributed by atoms with Crippen LogP contribution in [0.4, 0.5) is 0 Å². The van der Waals surface area contributed by atoms with Crippen molar-refractivity contribution in [3.05, 3.63) is 41.6 Å². The molecule has 0 aliphatic carbocycles. The van der Waals surface area contributed by atoms with Crippen LogP contribution < -0.4 is 0 Å². The fraction of sp³-hybridized carbons (Fsp3) is 0.375. The van der Waals surface area contributed by atoms with Crippen molar-refractivity contribution in [3.8, 4) is 11.3 Å². The van der Waals surface area contributed by atoms with E-state index in [1.807, 2.05) is 31.2 Å². The molecule has 0 aliphatic rings. The van der Waals surface area contributed by atoms with Crippen molar-refractivity contribution in [1.82, 2.24) is 9.78 Å². The van der Waals surface area contributed by atoms with Crippen LogP contribution in [-0.2, 0) is 0 Å². The van der Waals surface area contributed by atoms with E-state index in [9.17, 15) is 9.90 Å². The zero-order chi connectivity index (χ0) is 14.7. The van der Waals surface area contributed by atoms with E-state index in [1.54, 1.807) is 10.9 Å². The Morgan fingerprint density at radius 2 is 1.95 bits per heavy atom. The van der Waals surface area contributed by atoms with E-state index in [0.29, 0.717) is 5.69 Å². The number of carbonyl (C=O) groups is 1. The van der Waals surface area contributed by atoms with Crippen LogP contribution >= 0.6 is 0 Å².